The first-order valence-electron chi connectivity index (χ1n) is 4.77. The van der Waals surface area contributed by atoms with E-state index >= 15 is 0 Å². The van der Waals surface area contributed by atoms with Gasteiger partial charge in [0, 0.05) is 0 Å². The molecule has 0 saturated carbocycles. The summed E-state index contributed by atoms with van der Waals surface area (Å²) in [5.41, 5.74) is 1.44. The summed E-state index contributed by atoms with van der Waals surface area (Å²) in [5, 5.41) is 27.7. The van der Waals surface area contributed by atoms with Crippen LogP contribution in [-0.4, -0.2) is 21.3 Å². The van der Waals surface area contributed by atoms with Gasteiger partial charge in [0.15, 0.2) is 11.5 Å². The molecule has 0 radical (unpaired) electrons. The molecule has 0 bridgehead atoms. The van der Waals surface area contributed by atoms with Crippen molar-refractivity contribution in [3.63, 3.8) is 0 Å². The molecule has 0 amide bonds. The van der Waals surface area contributed by atoms with Crippen LogP contribution in [0.1, 0.15) is 18.1 Å². The van der Waals surface area contributed by atoms with Crippen LogP contribution in [0.5, 0.6) is 11.5 Å². The van der Waals surface area contributed by atoms with Crippen molar-refractivity contribution in [1.29, 1.82) is 0 Å². The molecule has 4 nitrogen and oxygen atoms in total. The van der Waals surface area contributed by atoms with Gasteiger partial charge in [-0.25, -0.2) is 0 Å². The Morgan fingerprint density at radius 1 is 1.50 bits per heavy atom. The standard InChI is InChI=1S/C11H13BrO4/c1-5-4-8(13)10(14)9(12)7(5)3-6(2)11(15)16/h4,6,13-14H,3H2,1-2H3,(H,15,16). The second-order valence-electron chi connectivity index (χ2n) is 3.80. The Balaban J connectivity index is 3.14. The van der Waals surface area contributed by atoms with Gasteiger partial charge in [0.2, 0.25) is 0 Å². The molecule has 0 aliphatic carbocycles. The summed E-state index contributed by atoms with van der Waals surface area (Å²) >= 11 is 3.16. The molecule has 5 heteroatoms. The van der Waals surface area contributed by atoms with Gasteiger partial charge in [-0.15, -0.1) is 0 Å². The van der Waals surface area contributed by atoms with Crippen LogP contribution in [0.4, 0.5) is 0 Å². The maximum absolute atomic E-state index is 10.8. The van der Waals surface area contributed by atoms with E-state index in [1.54, 1.807) is 13.8 Å². The van der Waals surface area contributed by atoms with Crippen LogP contribution >= 0.6 is 15.9 Å². The van der Waals surface area contributed by atoms with Gasteiger partial charge in [0.1, 0.15) is 0 Å². The first-order chi connectivity index (χ1) is 7.34. The van der Waals surface area contributed by atoms with Gasteiger partial charge in [-0.05, 0) is 46.5 Å². The fourth-order valence-electron chi connectivity index (χ4n) is 1.43. The van der Waals surface area contributed by atoms with E-state index in [1.807, 2.05) is 0 Å². The maximum atomic E-state index is 10.8. The van der Waals surface area contributed by atoms with Gasteiger partial charge in [-0.3, -0.25) is 4.79 Å². The molecule has 3 N–H and O–H groups in total. The summed E-state index contributed by atoms with van der Waals surface area (Å²) in [6.07, 6.45) is 0.301. The number of carbonyl (C=O) groups is 1. The minimum absolute atomic E-state index is 0.212. The number of hydrogen-bond acceptors (Lipinski definition) is 3. The third-order valence-corrected chi connectivity index (χ3v) is 3.33. The van der Waals surface area contributed by atoms with E-state index in [-0.39, 0.29) is 11.5 Å². The Morgan fingerprint density at radius 3 is 2.56 bits per heavy atom. The molecule has 1 aromatic carbocycles. The molecule has 1 unspecified atom stereocenters. The number of aliphatic carboxylic acids is 1. The van der Waals surface area contributed by atoms with Crippen molar-refractivity contribution in [2.24, 2.45) is 5.92 Å². The molecule has 1 aromatic rings. The summed E-state index contributed by atoms with van der Waals surface area (Å²) in [4.78, 5) is 10.8. The van der Waals surface area contributed by atoms with E-state index in [2.05, 4.69) is 15.9 Å². The Morgan fingerprint density at radius 2 is 2.06 bits per heavy atom. The highest BCUT2D eigenvalue weighted by Crippen LogP contribution is 2.38. The quantitative estimate of drug-likeness (QED) is 0.747. The molecule has 0 heterocycles. The molecule has 0 aliphatic rings. The molecule has 0 aromatic heterocycles. The third kappa shape index (κ3) is 2.47. The van der Waals surface area contributed by atoms with Crippen LogP contribution in [0.2, 0.25) is 0 Å². The highest BCUT2D eigenvalue weighted by molar-refractivity contribution is 9.10. The normalized spacial score (nSPS) is 12.4. The van der Waals surface area contributed by atoms with Crippen molar-refractivity contribution >= 4 is 21.9 Å². The van der Waals surface area contributed by atoms with Crippen LogP contribution in [-0.2, 0) is 11.2 Å². The minimum atomic E-state index is -0.890. The van der Waals surface area contributed by atoms with Crippen LogP contribution in [0, 0.1) is 12.8 Å². The van der Waals surface area contributed by atoms with Crippen LogP contribution in [0.25, 0.3) is 0 Å². The highest BCUT2D eigenvalue weighted by atomic mass is 79.9. The van der Waals surface area contributed by atoms with Crippen molar-refractivity contribution in [3.05, 3.63) is 21.7 Å². The van der Waals surface area contributed by atoms with Gasteiger partial charge in [-0.2, -0.15) is 0 Å². The fourth-order valence-corrected chi connectivity index (χ4v) is 2.11. The van der Waals surface area contributed by atoms with Crippen LogP contribution in [0.15, 0.2) is 10.5 Å². The molecule has 0 aliphatic heterocycles. The van der Waals surface area contributed by atoms with Crippen LogP contribution in [0.3, 0.4) is 0 Å². The van der Waals surface area contributed by atoms with E-state index in [4.69, 9.17) is 5.11 Å². The predicted octanol–water partition coefficient (Wildman–Crippen LogP) is 2.43. The van der Waals surface area contributed by atoms with Crippen molar-refractivity contribution in [2.45, 2.75) is 20.3 Å². The minimum Gasteiger partial charge on any atom is -0.504 e. The first kappa shape index (κ1) is 12.8. The third-order valence-electron chi connectivity index (χ3n) is 2.48. The van der Waals surface area contributed by atoms with Crippen LogP contribution < -0.4 is 0 Å². The summed E-state index contributed by atoms with van der Waals surface area (Å²) in [7, 11) is 0. The fraction of sp³-hybridized carbons (Fsp3) is 0.364. The molecule has 1 atom stereocenters. The Labute approximate surface area is 102 Å². The second kappa shape index (κ2) is 4.74. The van der Waals surface area contributed by atoms with E-state index in [0.717, 1.165) is 5.56 Å². The lowest BCUT2D eigenvalue weighted by atomic mass is 9.97. The number of rotatable bonds is 3. The lowest BCUT2D eigenvalue weighted by molar-refractivity contribution is -0.141. The lowest BCUT2D eigenvalue weighted by Gasteiger charge is -2.13. The molecule has 1 rings (SSSR count). The monoisotopic (exact) mass is 288 g/mol. The summed E-state index contributed by atoms with van der Waals surface area (Å²) in [6.45, 7) is 3.35. The Hall–Kier alpha value is -1.23. The first-order valence-corrected chi connectivity index (χ1v) is 5.56. The van der Waals surface area contributed by atoms with Gasteiger partial charge < -0.3 is 15.3 Å². The number of phenolic OH excluding ortho intramolecular Hbond substituents is 2. The largest absolute Gasteiger partial charge is 0.504 e. The lowest BCUT2D eigenvalue weighted by Crippen LogP contribution is -2.13. The van der Waals surface area contributed by atoms with Crippen molar-refractivity contribution in [3.8, 4) is 11.5 Å². The average Bonchev–Trinajstić information content (AvgIpc) is 2.20. The van der Waals surface area contributed by atoms with Crippen molar-refractivity contribution in [1.82, 2.24) is 0 Å². The van der Waals surface area contributed by atoms with E-state index in [0.29, 0.717) is 16.5 Å². The number of carboxylic acids is 1. The summed E-state index contributed by atoms with van der Waals surface area (Å²) in [5.74, 6) is -1.90. The zero-order valence-electron chi connectivity index (χ0n) is 8.99. The summed E-state index contributed by atoms with van der Waals surface area (Å²) in [6, 6.07) is 1.42. The molecule has 16 heavy (non-hydrogen) atoms. The maximum Gasteiger partial charge on any atom is 0.306 e. The molecule has 0 saturated heterocycles. The molecular formula is C11H13BrO4. The summed E-state index contributed by atoms with van der Waals surface area (Å²) < 4.78 is 0.359. The SMILES string of the molecule is Cc1cc(O)c(O)c(Br)c1CC(C)C(=O)O. The molecular weight excluding hydrogens is 276 g/mol. The Bertz CT molecular complexity index is 428. The topological polar surface area (TPSA) is 77.8 Å². The zero-order chi connectivity index (χ0) is 12.5. The zero-order valence-corrected chi connectivity index (χ0v) is 10.6. The molecule has 0 spiro atoms. The van der Waals surface area contributed by atoms with E-state index in [9.17, 15) is 15.0 Å². The van der Waals surface area contributed by atoms with Gasteiger partial charge in [0.25, 0.3) is 0 Å². The smallest absolute Gasteiger partial charge is 0.306 e. The number of phenols is 2. The van der Waals surface area contributed by atoms with Gasteiger partial charge in [-0.1, -0.05) is 6.92 Å². The number of aromatic hydroxyl groups is 2. The molecule has 88 valence electrons. The molecule has 0 fully saturated rings. The van der Waals surface area contributed by atoms with E-state index in [1.165, 1.54) is 6.07 Å². The number of aryl methyl sites for hydroxylation is 1. The van der Waals surface area contributed by atoms with E-state index < -0.39 is 11.9 Å². The van der Waals surface area contributed by atoms with Gasteiger partial charge in [0.05, 0.1) is 10.4 Å². The predicted molar refractivity (Wildman–Crippen MR) is 62.7 cm³/mol. The average molecular weight is 289 g/mol. The highest BCUT2D eigenvalue weighted by Gasteiger charge is 2.18. The van der Waals surface area contributed by atoms with Crippen molar-refractivity contribution in [2.75, 3.05) is 0 Å². The number of benzene rings is 1. The number of halogens is 1. The van der Waals surface area contributed by atoms with Crippen molar-refractivity contribution < 1.29 is 20.1 Å². The number of carboxylic acid groups (broad SMARTS) is 1. The second-order valence-corrected chi connectivity index (χ2v) is 4.59. The Kier molecular flexibility index (Phi) is 3.80. The number of hydrogen-bond donors (Lipinski definition) is 3. The van der Waals surface area contributed by atoms with Gasteiger partial charge >= 0.3 is 5.97 Å².